The lowest BCUT2D eigenvalue weighted by atomic mass is 10.0. The van der Waals surface area contributed by atoms with E-state index in [-0.39, 0.29) is 0 Å². The molecule has 212 valence electrons. The third-order valence-electron chi connectivity index (χ3n) is 8.87. The molecule has 0 saturated carbocycles. The zero-order chi connectivity index (χ0) is 29.7. The monoisotopic (exact) mass is 592 g/mol. The normalized spacial score (nSPS) is 11.8. The van der Waals surface area contributed by atoms with Gasteiger partial charge in [-0.25, -0.2) is 0 Å². The molecule has 0 aliphatic heterocycles. The molecule has 0 spiro atoms. The Morgan fingerprint density at radius 2 is 0.933 bits per heavy atom. The molecule has 45 heavy (non-hydrogen) atoms. The van der Waals surface area contributed by atoms with E-state index in [2.05, 4.69) is 185 Å². The van der Waals surface area contributed by atoms with Gasteiger partial charge in [-0.1, -0.05) is 109 Å². The lowest BCUT2D eigenvalue weighted by Crippen LogP contribution is -2.20. The molecular weight excluding hydrogens is 563 g/mol. The zero-order valence-corrected chi connectivity index (χ0v) is 25.5. The van der Waals surface area contributed by atoms with E-state index >= 15 is 0 Å². The molecule has 0 aliphatic rings. The number of fused-ring (bicyclic) bond motifs is 5. The molecule has 0 N–H and O–H groups in total. The van der Waals surface area contributed by atoms with Gasteiger partial charge in [0.05, 0.1) is 16.6 Å². The van der Waals surface area contributed by atoms with Gasteiger partial charge in [0.1, 0.15) is 0 Å². The van der Waals surface area contributed by atoms with E-state index in [1.54, 1.807) is 0 Å². The van der Waals surface area contributed by atoms with E-state index in [0.717, 1.165) is 0 Å². The molecule has 3 heteroatoms. The van der Waals surface area contributed by atoms with Gasteiger partial charge in [0.2, 0.25) is 0 Å². The van der Waals surface area contributed by atoms with Crippen LogP contribution in [0.4, 0.5) is 0 Å². The van der Waals surface area contributed by atoms with Gasteiger partial charge in [-0.15, -0.1) is 0 Å². The highest BCUT2D eigenvalue weighted by atomic mass is 31.1. The zero-order valence-electron chi connectivity index (χ0n) is 24.6. The summed E-state index contributed by atoms with van der Waals surface area (Å²) in [7, 11) is -0.655. The maximum absolute atomic E-state index is 2.43. The van der Waals surface area contributed by atoms with Crippen LogP contribution in [0.2, 0.25) is 0 Å². The number of benzene rings is 7. The van der Waals surface area contributed by atoms with Crippen LogP contribution in [0.3, 0.4) is 0 Å². The van der Waals surface area contributed by atoms with Crippen LogP contribution in [0, 0.1) is 0 Å². The Morgan fingerprint density at radius 1 is 0.356 bits per heavy atom. The second kappa shape index (κ2) is 10.6. The Hall–Kier alpha value is -5.43. The van der Waals surface area contributed by atoms with Crippen molar-refractivity contribution >= 4 is 67.3 Å². The average molecular weight is 593 g/mol. The van der Waals surface area contributed by atoms with Crippen molar-refractivity contribution in [3.63, 3.8) is 0 Å². The fourth-order valence-electron chi connectivity index (χ4n) is 6.79. The first-order valence-corrected chi connectivity index (χ1v) is 16.7. The Bertz CT molecular complexity index is 2420. The summed E-state index contributed by atoms with van der Waals surface area (Å²) >= 11 is 0. The summed E-state index contributed by atoms with van der Waals surface area (Å²) in [4.78, 5) is 0. The Balaban J connectivity index is 1.22. The van der Waals surface area contributed by atoms with Crippen molar-refractivity contribution in [2.24, 2.45) is 0 Å². The summed E-state index contributed by atoms with van der Waals surface area (Å²) < 4.78 is 4.71. The summed E-state index contributed by atoms with van der Waals surface area (Å²) in [6, 6.07) is 62.1. The molecule has 0 amide bonds. The van der Waals surface area contributed by atoms with Crippen molar-refractivity contribution in [1.82, 2.24) is 9.13 Å². The third kappa shape index (κ3) is 4.38. The highest BCUT2D eigenvalue weighted by molar-refractivity contribution is 7.79. The summed E-state index contributed by atoms with van der Waals surface area (Å²) in [5, 5.41) is 10.4. The largest absolute Gasteiger partial charge is 0.317 e. The van der Waals surface area contributed by atoms with Gasteiger partial charge in [-0.3, -0.25) is 0 Å². The Kier molecular flexibility index (Phi) is 6.14. The van der Waals surface area contributed by atoms with Gasteiger partial charge in [0.15, 0.2) is 0 Å². The minimum atomic E-state index is -0.655. The van der Waals surface area contributed by atoms with E-state index in [1.165, 1.54) is 70.8 Å². The van der Waals surface area contributed by atoms with Gasteiger partial charge < -0.3 is 9.13 Å². The van der Waals surface area contributed by atoms with Gasteiger partial charge in [-0.2, -0.15) is 0 Å². The minimum Gasteiger partial charge on any atom is -0.317 e. The number of hydrogen-bond acceptors (Lipinski definition) is 0. The van der Waals surface area contributed by atoms with Crippen molar-refractivity contribution in [3.05, 3.63) is 176 Å². The van der Waals surface area contributed by atoms with Gasteiger partial charge >= 0.3 is 0 Å². The average Bonchev–Trinajstić information content (AvgIpc) is 3.66. The minimum absolute atomic E-state index is 0.655. The third-order valence-corrected chi connectivity index (χ3v) is 11.3. The molecule has 9 rings (SSSR count). The van der Waals surface area contributed by atoms with Gasteiger partial charge in [-0.05, 0) is 95.3 Å². The number of aromatic nitrogens is 2. The maximum atomic E-state index is 2.43. The van der Waals surface area contributed by atoms with Crippen molar-refractivity contribution in [3.8, 4) is 11.4 Å². The quantitative estimate of drug-likeness (QED) is 0.176. The number of para-hydroxylation sites is 2. The van der Waals surface area contributed by atoms with Crippen LogP contribution >= 0.6 is 7.92 Å². The van der Waals surface area contributed by atoms with E-state index in [4.69, 9.17) is 0 Å². The second-order valence-electron chi connectivity index (χ2n) is 11.5. The predicted octanol–water partition coefficient (Wildman–Crippen LogP) is 9.64. The van der Waals surface area contributed by atoms with E-state index in [9.17, 15) is 0 Å². The maximum Gasteiger partial charge on any atom is 0.0547 e. The van der Waals surface area contributed by atoms with Crippen molar-refractivity contribution in [2.45, 2.75) is 0 Å². The van der Waals surface area contributed by atoms with Crippen LogP contribution in [-0.2, 0) is 0 Å². The SMILES string of the molecule is c1ccc(-n2ccc3cc4cc5c6ccccc6n(-c6ccc(P(c7ccccc7)c7ccccc7)cc6)c5cc4cc32)cc1. The van der Waals surface area contributed by atoms with E-state index < -0.39 is 7.92 Å². The molecule has 0 radical (unpaired) electrons. The lowest BCUT2D eigenvalue weighted by Gasteiger charge is -2.20. The van der Waals surface area contributed by atoms with Crippen LogP contribution in [0.25, 0.3) is 54.9 Å². The Morgan fingerprint density at radius 3 is 1.64 bits per heavy atom. The van der Waals surface area contributed by atoms with Crippen molar-refractivity contribution < 1.29 is 0 Å². The fourth-order valence-corrected chi connectivity index (χ4v) is 9.07. The summed E-state index contributed by atoms with van der Waals surface area (Å²) in [5.74, 6) is 0. The smallest absolute Gasteiger partial charge is 0.0547 e. The highest BCUT2D eigenvalue weighted by Crippen LogP contribution is 2.37. The number of hydrogen-bond donors (Lipinski definition) is 0. The molecule has 9 aromatic rings. The van der Waals surface area contributed by atoms with Crippen LogP contribution in [-0.4, -0.2) is 9.13 Å². The summed E-state index contributed by atoms with van der Waals surface area (Å²) in [6.45, 7) is 0. The first-order chi connectivity index (χ1) is 22.3. The van der Waals surface area contributed by atoms with Gasteiger partial charge in [0.25, 0.3) is 0 Å². The second-order valence-corrected chi connectivity index (χ2v) is 13.7. The van der Waals surface area contributed by atoms with Crippen LogP contribution in [0.15, 0.2) is 176 Å². The molecule has 0 fully saturated rings. The molecular formula is C42H29N2P. The molecule has 0 bridgehead atoms. The topological polar surface area (TPSA) is 9.86 Å². The van der Waals surface area contributed by atoms with Crippen molar-refractivity contribution in [1.29, 1.82) is 0 Å². The van der Waals surface area contributed by atoms with Crippen LogP contribution in [0.1, 0.15) is 0 Å². The van der Waals surface area contributed by atoms with Crippen LogP contribution < -0.4 is 15.9 Å². The molecule has 2 nitrogen and oxygen atoms in total. The van der Waals surface area contributed by atoms with Gasteiger partial charge in [0, 0.05) is 33.7 Å². The molecule has 2 aromatic heterocycles. The first-order valence-electron chi connectivity index (χ1n) is 15.4. The molecule has 0 unspecified atom stereocenters. The number of nitrogens with zero attached hydrogens (tertiary/aromatic N) is 2. The standard InChI is InChI=1S/C42H29N2P/c1-4-12-33(13-5-1)43-25-24-30-26-31-27-39-38-18-10-11-19-40(38)44(42(39)29-32(31)28-41(30)43)34-20-22-37(23-21-34)45(35-14-6-2-7-15-35)36-16-8-3-9-17-36/h1-29H. The molecule has 7 aromatic carbocycles. The number of rotatable bonds is 5. The molecule has 0 saturated heterocycles. The summed E-state index contributed by atoms with van der Waals surface area (Å²) in [5.41, 5.74) is 6.02. The van der Waals surface area contributed by atoms with E-state index in [0.29, 0.717) is 0 Å². The fraction of sp³-hybridized carbons (Fsp3) is 0. The summed E-state index contributed by atoms with van der Waals surface area (Å²) in [6.07, 6.45) is 2.18. The van der Waals surface area contributed by atoms with E-state index in [1.807, 2.05) is 0 Å². The van der Waals surface area contributed by atoms with Crippen molar-refractivity contribution in [2.75, 3.05) is 0 Å². The Labute approximate surface area is 263 Å². The van der Waals surface area contributed by atoms with Crippen LogP contribution in [0.5, 0.6) is 0 Å². The lowest BCUT2D eigenvalue weighted by molar-refractivity contribution is 1.13. The molecule has 0 aliphatic carbocycles. The molecule has 2 heterocycles. The first kappa shape index (κ1) is 26.0. The highest BCUT2D eigenvalue weighted by Gasteiger charge is 2.18. The molecule has 0 atom stereocenters. The predicted molar refractivity (Wildman–Crippen MR) is 194 cm³/mol.